The summed E-state index contributed by atoms with van der Waals surface area (Å²) < 4.78 is 0. The predicted octanol–water partition coefficient (Wildman–Crippen LogP) is -2.84. The van der Waals surface area contributed by atoms with E-state index in [0.717, 1.165) is 10.9 Å². The number of carboxylic acids is 2. The molecule has 0 spiro atoms. The van der Waals surface area contributed by atoms with E-state index in [9.17, 15) is 34.2 Å². The van der Waals surface area contributed by atoms with Crippen molar-refractivity contribution in [1.29, 1.82) is 0 Å². The second kappa shape index (κ2) is 17.7. The maximum atomic E-state index is 13.3. The van der Waals surface area contributed by atoms with E-state index in [2.05, 4.69) is 30.9 Å². The van der Waals surface area contributed by atoms with Crippen LogP contribution in [0.4, 0.5) is 0 Å². The number of carbonyl (C=O) groups excluding carboxylic acids is 3. The van der Waals surface area contributed by atoms with Crippen LogP contribution in [0.3, 0.4) is 0 Å². The highest BCUT2D eigenvalue weighted by Gasteiger charge is 2.31. The lowest BCUT2D eigenvalue weighted by Crippen LogP contribution is -2.57. The number of carboxylic acid groups (broad SMARTS) is 2. The minimum absolute atomic E-state index is 0.0498. The van der Waals surface area contributed by atoms with Gasteiger partial charge < -0.3 is 59.8 Å². The summed E-state index contributed by atoms with van der Waals surface area (Å²) >= 11 is 0. The van der Waals surface area contributed by atoms with Gasteiger partial charge in [0.2, 0.25) is 17.7 Å². The Kier molecular flexibility index (Phi) is 14.1. The molecule has 2 rings (SSSR count). The van der Waals surface area contributed by atoms with Crippen LogP contribution < -0.4 is 44.6 Å². The van der Waals surface area contributed by atoms with E-state index in [-0.39, 0.29) is 50.7 Å². The number of rotatable bonds is 19. The number of nitrogens with zero attached hydrogens (tertiary/aromatic N) is 2. The fraction of sp³-hybridized carbons (Fsp3) is 0.444. The van der Waals surface area contributed by atoms with Crippen molar-refractivity contribution in [2.24, 2.45) is 38.7 Å². The third-order valence-electron chi connectivity index (χ3n) is 6.61. The second-order valence-corrected chi connectivity index (χ2v) is 10.2. The van der Waals surface area contributed by atoms with Crippen LogP contribution in [0, 0.1) is 0 Å². The number of aliphatic imine (C=N–C) groups is 2. The van der Waals surface area contributed by atoms with Crippen LogP contribution in [0.1, 0.15) is 37.7 Å². The molecule has 3 amide bonds. The maximum absolute atomic E-state index is 13.3. The predicted molar refractivity (Wildman–Crippen MR) is 165 cm³/mol. The lowest BCUT2D eigenvalue weighted by molar-refractivity contribution is -0.143. The summed E-state index contributed by atoms with van der Waals surface area (Å²) in [5.41, 5.74) is 28.5. The van der Waals surface area contributed by atoms with Gasteiger partial charge in [0.05, 0.1) is 12.5 Å². The number of aromatic nitrogens is 1. The van der Waals surface area contributed by atoms with Crippen LogP contribution in [0.2, 0.25) is 0 Å². The van der Waals surface area contributed by atoms with E-state index in [1.54, 1.807) is 18.3 Å². The summed E-state index contributed by atoms with van der Waals surface area (Å²) in [6, 6.07) is 1.82. The van der Waals surface area contributed by atoms with Gasteiger partial charge in [-0.3, -0.25) is 29.2 Å². The SMILES string of the molecule is NC(N)=NCCCC(N)C(=O)NC(CC(=O)O)C(=O)NC(CCCN=C(N)N)C(=O)NC(Cc1c[nH]c2ccccc12)C(=O)O. The molecule has 4 unspecified atom stereocenters. The van der Waals surface area contributed by atoms with Crippen molar-refractivity contribution in [3.63, 3.8) is 0 Å². The summed E-state index contributed by atoms with van der Waals surface area (Å²) in [5, 5.41) is 27.2. The Bertz CT molecular complexity index is 1400. The number of fused-ring (bicyclic) bond motifs is 1. The highest BCUT2D eigenvalue weighted by molar-refractivity contribution is 5.96. The van der Waals surface area contributed by atoms with Gasteiger partial charge in [0.1, 0.15) is 18.1 Å². The first-order valence-electron chi connectivity index (χ1n) is 14.1. The standard InChI is InChI=1S/C27H41N11O7/c28-16(6-3-9-33-26(29)30)22(41)37-19(12-21(39)40)24(43)36-18(8-4-10-34-27(31)32)23(42)38-20(25(44)45)11-14-13-35-17-7-2-1-5-15(14)17/h1-2,5,7,13,16,18-20,35H,3-4,6,8-12,28H2,(H,36,43)(H,37,41)(H,38,42)(H,39,40)(H,44,45)(H4,29,30,33)(H4,31,32,34). The molecule has 0 radical (unpaired) electrons. The summed E-state index contributed by atoms with van der Waals surface area (Å²) in [5.74, 6) is -5.70. The number of benzene rings is 1. The average molecular weight is 632 g/mol. The number of amides is 3. The molecule has 45 heavy (non-hydrogen) atoms. The molecule has 0 saturated heterocycles. The van der Waals surface area contributed by atoms with E-state index in [4.69, 9.17) is 28.7 Å². The molecule has 0 aliphatic carbocycles. The van der Waals surface area contributed by atoms with Gasteiger partial charge in [0.15, 0.2) is 11.9 Å². The van der Waals surface area contributed by atoms with E-state index in [1.807, 2.05) is 12.1 Å². The molecular formula is C27H41N11O7. The molecule has 246 valence electrons. The van der Waals surface area contributed by atoms with Gasteiger partial charge in [-0.05, 0) is 37.3 Å². The van der Waals surface area contributed by atoms with Crippen LogP contribution in [0.25, 0.3) is 10.9 Å². The zero-order valence-corrected chi connectivity index (χ0v) is 24.6. The van der Waals surface area contributed by atoms with Gasteiger partial charge in [-0.2, -0.15) is 0 Å². The van der Waals surface area contributed by atoms with Crippen LogP contribution in [0.15, 0.2) is 40.4 Å². The van der Waals surface area contributed by atoms with Crippen molar-refractivity contribution in [3.05, 3.63) is 36.0 Å². The highest BCUT2D eigenvalue weighted by Crippen LogP contribution is 2.19. The third kappa shape index (κ3) is 12.4. The quantitative estimate of drug-likeness (QED) is 0.0424. The van der Waals surface area contributed by atoms with E-state index < -0.39 is 60.2 Å². The molecule has 18 heteroatoms. The van der Waals surface area contributed by atoms with Crippen molar-refractivity contribution in [1.82, 2.24) is 20.9 Å². The average Bonchev–Trinajstić information content (AvgIpc) is 3.37. The number of aromatic amines is 1. The lowest BCUT2D eigenvalue weighted by Gasteiger charge is -2.24. The Labute approximate surface area is 258 Å². The van der Waals surface area contributed by atoms with E-state index >= 15 is 0 Å². The number of hydrogen-bond donors (Lipinski definition) is 11. The summed E-state index contributed by atoms with van der Waals surface area (Å²) in [6.45, 7) is 0.292. The van der Waals surface area contributed by atoms with Crippen molar-refractivity contribution >= 4 is 52.5 Å². The zero-order chi connectivity index (χ0) is 33.5. The molecule has 1 aromatic carbocycles. The smallest absolute Gasteiger partial charge is 0.326 e. The third-order valence-corrected chi connectivity index (χ3v) is 6.61. The van der Waals surface area contributed by atoms with Crippen molar-refractivity contribution in [2.45, 2.75) is 62.7 Å². The molecule has 1 aromatic heterocycles. The monoisotopic (exact) mass is 631 g/mol. The lowest BCUT2D eigenvalue weighted by atomic mass is 10.0. The van der Waals surface area contributed by atoms with Gasteiger partial charge >= 0.3 is 11.9 Å². The Morgan fingerprint density at radius 3 is 1.93 bits per heavy atom. The molecule has 0 bridgehead atoms. The minimum Gasteiger partial charge on any atom is -0.481 e. The number of hydrogen-bond acceptors (Lipinski definition) is 8. The number of nitrogens with one attached hydrogen (secondary N) is 4. The molecule has 0 aliphatic heterocycles. The maximum Gasteiger partial charge on any atom is 0.326 e. The van der Waals surface area contributed by atoms with Crippen LogP contribution in [-0.4, -0.2) is 94.0 Å². The molecule has 16 N–H and O–H groups in total. The molecule has 1 heterocycles. The van der Waals surface area contributed by atoms with Gasteiger partial charge in [-0.25, -0.2) is 4.79 Å². The van der Waals surface area contributed by atoms with Gasteiger partial charge in [-0.15, -0.1) is 0 Å². The van der Waals surface area contributed by atoms with Crippen molar-refractivity contribution < 1.29 is 34.2 Å². The van der Waals surface area contributed by atoms with Crippen molar-refractivity contribution in [3.8, 4) is 0 Å². The Morgan fingerprint density at radius 2 is 1.33 bits per heavy atom. The van der Waals surface area contributed by atoms with Gasteiger partial charge in [0, 0.05) is 36.6 Å². The number of nitrogens with two attached hydrogens (primary N) is 5. The zero-order valence-electron chi connectivity index (χ0n) is 24.6. The molecule has 0 fully saturated rings. The fourth-order valence-corrected chi connectivity index (χ4v) is 4.35. The first-order chi connectivity index (χ1) is 21.3. The van der Waals surface area contributed by atoms with Crippen LogP contribution in [0.5, 0.6) is 0 Å². The second-order valence-electron chi connectivity index (χ2n) is 10.2. The first kappa shape index (κ1) is 35.8. The van der Waals surface area contributed by atoms with Crippen LogP contribution >= 0.6 is 0 Å². The van der Waals surface area contributed by atoms with Gasteiger partial charge in [0.25, 0.3) is 0 Å². The Balaban J connectivity index is 2.18. The minimum atomic E-state index is -1.60. The van der Waals surface area contributed by atoms with Gasteiger partial charge in [-0.1, -0.05) is 18.2 Å². The highest BCUT2D eigenvalue weighted by atomic mass is 16.4. The molecule has 0 saturated carbocycles. The normalized spacial score (nSPS) is 13.4. The summed E-state index contributed by atoms with van der Waals surface area (Å²) in [6.07, 6.45) is 1.36. The first-order valence-corrected chi connectivity index (χ1v) is 14.1. The summed E-state index contributed by atoms with van der Waals surface area (Å²) in [4.78, 5) is 73.5. The Morgan fingerprint density at radius 1 is 0.778 bits per heavy atom. The fourth-order valence-electron chi connectivity index (χ4n) is 4.35. The molecule has 18 nitrogen and oxygen atoms in total. The number of guanidine groups is 2. The van der Waals surface area contributed by atoms with E-state index in [1.165, 1.54) is 0 Å². The molecule has 0 aliphatic rings. The largest absolute Gasteiger partial charge is 0.481 e. The molecule has 4 atom stereocenters. The topological polar surface area (TPSA) is 333 Å². The number of aliphatic carboxylic acids is 2. The number of H-pyrrole nitrogens is 1. The van der Waals surface area contributed by atoms with Crippen LogP contribution in [-0.2, 0) is 30.4 Å². The summed E-state index contributed by atoms with van der Waals surface area (Å²) in [7, 11) is 0. The van der Waals surface area contributed by atoms with E-state index in [0.29, 0.717) is 12.0 Å². The molecular weight excluding hydrogens is 590 g/mol. The van der Waals surface area contributed by atoms with Crippen molar-refractivity contribution in [2.75, 3.05) is 13.1 Å². The number of para-hydroxylation sites is 1. The number of carbonyl (C=O) groups is 5. The molecule has 2 aromatic rings. The Hall–Kier alpha value is -5.39.